The first-order chi connectivity index (χ1) is 11.1. The third kappa shape index (κ3) is 3.48. The van der Waals surface area contributed by atoms with Crippen LogP contribution in [0.15, 0.2) is 34.7 Å². The summed E-state index contributed by atoms with van der Waals surface area (Å²) in [6, 6.07) is 1.90. The predicted octanol–water partition coefficient (Wildman–Crippen LogP) is 3.45. The lowest BCUT2D eigenvalue weighted by Gasteiger charge is -2.31. The fourth-order valence-electron chi connectivity index (χ4n) is 2.99. The van der Waals surface area contributed by atoms with Crippen molar-refractivity contribution < 1.29 is 19.0 Å². The first-order valence-corrected chi connectivity index (χ1v) is 8.69. The fourth-order valence-corrected chi connectivity index (χ4v) is 3.94. The molecule has 1 atom stereocenters. The summed E-state index contributed by atoms with van der Waals surface area (Å²) < 4.78 is 19.4. The lowest BCUT2D eigenvalue weighted by molar-refractivity contribution is -0.133. The monoisotopic (exact) mass is 337 g/mol. The molecule has 0 radical (unpaired) electrons. The Bertz CT molecular complexity index is 665. The molecule has 1 aliphatic carbocycles. The van der Waals surface area contributed by atoms with E-state index in [9.17, 15) is 14.3 Å². The van der Waals surface area contributed by atoms with Crippen LogP contribution in [0.25, 0.3) is 0 Å². The van der Waals surface area contributed by atoms with Gasteiger partial charge in [0.1, 0.15) is 5.83 Å². The molecule has 3 rings (SSSR count). The molecule has 23 heavy (non-hydrogen) atoms. The van der Waals surface area contributed by atoms with Crippen LogP contribution in [0.4, 0.5) is 4.39 Å². The molecule has 2 heterocycles. The first kappa shape index (κ1) is 16.2. The third-order valence-electron chi connectivity index (χ3n) is 4.21. The summed E-state index contributed by atoms with van der Waals surface area (Å²) in [5, 5.41) is 12.0. The highest BCUT2D eigenvalue weighted by molar-refractivity contribution is 7.10. The van der Waals surface area contributed by atoms with Crippen molar-refractivity contribution in [2.24, 2.45) is 0 Å². The van der Waals surface area contributed by atoms with Gasteiger partial charge >= 0.3 is 0 Å². The number of amides is 1. The van der Waals surface area contributed by atoms with E-state index in [0.717, 1.165) is 10.4 Å². The highest BCUT2D eigenvalue weighted by Crippen LogP contribution is 2.32. The largest absolute Gasteiger partial charge is 0.498 e. The molecule has 0 saturated heterocycles. The van der Waals surface area contributed by atoms with Crippen LogP contribution >= 0.6 is 11.3 Å². The van der Waals surface area contributed by atoms with Gasteiger partial charge in [0.05, 0.1) is 38.0 Å². The zero-order valence-corrected chi connectivity index (χ0v) is 13.9. The van der Waals surface area contributed by atoms with Crippen LogP contribution in [0.3, 0.4) is 0 Å². The number of rotatable bonds is 4. The van der Waals surface area contributed by atoms with Gasteiger partial charge < -0.3 is 14.7 Å². The summed E-state index contributed by atoms with van der Waals surface area (Å²) >= 11 is 1.54. The molecule has 6 heteroatoms. The molecule has 1 aromatic rings. The average Bonchev–Trinajstić information content (AvgIpc) is 2.99. The van der Waals surface area contributed by atoms with E-state index in [1.165, 1.54) is 17.4 Å². The Hall–Kier alpha value is -1.66. The normalized spacial score (nSPS) is 21.1. The third-order valence-corrected chi connectivity index (χ3v) is 5.13. The zero-order chi connectivity index (χ0) is 16.4. The quantitative estimate of drug-likeness (QED) is 0.915. The summed E-state index contributed by atoms with van der Waals surface area (Å²) in [5.41, 5.74) is 1.43. The van der Waals surface area contributed by atoms with Crippen molar-refractivity contribution in [3.63, 3.8) is 0 Å². The van der Waals surface area contributed by atoms with Gasteiger partial charge in [-0.05, 0) is 35.9 Å². The highest BCUT2D eigenvalue weighted by atomic mass is 32.1. The number of thiophene rings is 1. The maximum atomic E-state index is 14.1. The Morgan fingerprint density at radius 2 is 2.35 bits per heavy atom. The summed E-state index contributed by atoms with van der Waals surface area (Å²) in [4.78, 5) is 15.1. The second kappa shape index (κ2) is 6.84. The van der Waals surface area contributed by atoms with Gasteiger partial charge in [-0.3, -0.25) is 4.79 Å². The number of carbonyl (C=O) groups is 1. The first-order valence-electron chi connectivity index (χ1n) is 7.81. The molecule has 0 bridgehead atoms. The van der Waals surface area contributed by atoms with Crippen LogP contribution in [0.5, 0.6) is 0 Å². The number of hydrogen-bond acceptors (Lipinski definition) is 4. The van der Waals surface area contributed by atoms with Crippen molar-refractivity contribution in [1.29, 1.82) is 0 Å². The summed E-state index contributed by atoms with van der Waals surface area (Å²) in [7, 11) is 0. The van der Waals surface area contributed by atoms with Gasteiger partial charge in [-0.1, -0.05) is 0 Å². The minimum absolute atomic E-state index is 0.0646. The van der Waals surface area contributed by atoms with Gasteiger partial charge in [0, 0.05) is 17.4 Å². The molecular formula is C17H20FNO3S. The molecule has 0 aromatic carbocycles. The van der Waals surface area contributed by atoms with Gasteiger partial charge in [-0.15, -0.1) is 11.3 Å². The van der Waals surface area contributed by atoms with E-state index in [-0.39, 0.29) is 24.7 Å². The lowest BCUT2D eigenvalue weighted by Crippen LogP contribution is -2.37. The number of allylic oxidation sites excluding steroid dienone is 3. The number of aliphatic hydroxyl groups excluding tert-OH is 1. The number of fused-ring (bicyclic) bond motifs is 1. The predicted molar refractivity (Wildman–Crippen MR) is 86.4 cm³/mol. The van der Waals surface area contributed by atoms with E-state index >= 15 is 0 Å². The number of aliphatic hydroxyl groups is 1. The van der Waals surface area contributed by atoms with E-state index < -0.39 is 6.10 Å². The van der Waals surface area contributed by atoms with Crippen molar-refractivity contribution in [2.45, 2.75) is 38.8 Å². The molecule has 0 spiro atoms. The molecule has 1 amide bonds. The minimum Gasteiger partial charge on any atom is -0.498 e. The van der Waals surface area contributed by atoms with Crippen LogP contribution in [-0.4, -0.2) is 29.1 Å². The Morgan fingerprint density at radius 1 is 1.52 bits per heavy atom. The van der Waals surface area contributed by atoms with E-state index in [1.807, 2.05) is 18.4 Å². The highest BCUT2D eigenvalue weighted by Gasteiger charge is 2.28. The molecule has 0 saturated carbocycles. The lowest BCUT2D eigenvalue weighted by atomic mass is 9.98. The SMILES string of the molecule is CCOC1=CC(F)=C(CC(=O)N2Cc3sccc3C(O)C2)CC1. The Labute approximate surface area is 138 Å². The van der Waals surface area contributed by atoms with E-state index in [1.54, 1.807) is 4.90 Å². The smallest absolute Gasteiger partial charge is 0.227 e. The molecule has 1 N–H and O–H groups in total. The standard InChI is InChI=1S/C17H20FNO3S/c1-2-22-12-4-3-11(14(18)8-12)7-17(21)19-9-15(20)13-5-6-23-16(13)10-19/h5-6,8,15,20H,2-4,7,9-10H2,1H3. The van der Waals surface area contributed by atoms with Gasteiger partial charge in [0.25, 0.3) is 0 Å². The number of ether oxygens (including phenoxy) is 1. The van der Waals surface area contributed by atoms with Crippen LogP contribution < -0.4 is 0 Å². The van der Waals surface area contributed by atoms with Crippen LogP contribution in [0.2, 0.25) is 0 Å². The fraction of sp³-hybridized carbons (Fsp3) is 0.471. The number of β-amino-alcohol motifs (C(OH)–C–C–N with tert-alkyl or cyclic N) is 1. The summed E-state index contributed by atoms with van der Waals surface area (Å²) in [6.07, 6.45) is 1.93. The number of halogens is 1. The zero-order valence-electron chi connectivity index (χ0n) is 13.0. The molecule has 1 unspecified atom stereocenters. The second-order valence-electron chi connectivity index (χ2n) is 5.76. The van der Waals surface area contributed by atoms with Crippen LogP contribution in [0, 0.1) is 0 Å². The van der Waals surface area contributed by atoms with Gasteiger partial charge in [0.2, 0.25) is 5.91 Å². The van der Waals surface area contributed by atoms with Crippen molar-refractivity contribution in [2.75, 3.05) is 13.2 Å². The topological polar surface area (TPSA) is 49.8 Å². The Balaban J connectivity index is 1.67. The Kier molecular flexibility index (Phi) is 4.82. The van der Waals surface area contributed by atoms with Crippen molar-refractivity contribution in [3.8, 4) is 0 Å². The Morgan fingerprint density at radius 3 is 3.09 bits per heavy atom. The van der Waals surface area contributed by atoms with Gasteiger partial charge in [-0.2, -0.15) is 0 Å². The molecular weight excluding hydrogens is 317 g/mol. The number of hydrogen-bond donors (Lipinski definition) is 1. The molecule has 124 valence electrons. The molecule has 2 aliphatic rings. The van der Waals surface area contributed by atoms with E-state index in [4.69, 9.17) is 4.74 Å². The summed E-state index contributed by atoms with van der Waals surface area (Å²) in [5.74, 6) is 0.141. The van der Waals surface area contributed by atoms with E-state index in [0.29, 0.717) is 37.3 Å². The molecule has 1 aromatic heterocycles. The number of nitrogens with zero attached hydrogens (tertiary/aromatic N) is 1. The maximum absolute atomic E-state index is 14.1. The van der Waals surface area contributed by atoms with E-state index in [2.05, 4.69) is 0 Å². The summed E-state index contributed by atoms with van der Waals surface area (Å²) in [6.45, 7) is 3.15. The molecule has 0 fully saturated rings. The minimum atomic E-state index is -0.649. The average molecular weight is 337 g/mol. The van der Waals surface area contributed by atoms with Crippen molar-refractivity contribution in [1.82, 2.24) is 4.90 Å². The van der Waals surface area contributed by atoms with Crippen LogP contribution in [-0.2, 0) is 16.1 Å². The number of carbonyl (C=O) groups excluding carboxylic acids is 1. The van der Waals surface area contributed by atoms with Gasteiger partial charge in [-0.25, -0.2) is 4.39 Å². The van der Waals surface area contributed by atoms with Crippen molar-refractivity contribution >= 4 is 17.2 Å². The maximum Gasteiger partial charge on any atom is 0.227 e. The van der Waals surface area contributed by atoms with Crippen molar-refractivity contribution in [3.05, 3.63) is 45.1 Å². The molecule has 4 nitrogen and oxygen atoms in total. The molecule has 1 aliphatic heterocycles. The second-order valence-corrected chi connectivity index (χ2v) is 6.76. The van der Waals surface area contributed by atoms with Gasteiger partial charge in [0.15, 0.2) is 0 Å². The van der Waals surface area contributed by atoms with Crippen LogP contribution in [0.1, 0.15) is 42.7 Å².